The highest BCUT2D eigenvalue weighted by atomic mass is 127. The van der Waals surface area contributed by atoms with Crippen LogP contribution < -0.4 is 10.6 Å². The summed E-state index contributed by atoms with van der Waals surface area (Å²) in [5.74, 6) is 2.19. The molecule has 0 aromatic rings. The zero-order valence-electron chi connectivity index (χ0n) is 18.1. The number of nitrogens with one attached hydrogen (secondary N) is 2. The number of guanidine groups is 1. The number of aliphatic hydroxyl groups is 1. The molecule has 0 saturated carbocycles. The van der Waals surface area contributed by atoms with Gasteiger partial charge in [0.2, 0.25) is 0 Å². The molecule has 29 heavy (non-hydrogen) atoms. The van der Waals surface area contributed by atoms with Crippen LogP contribution in [0, 0.1) is 17.8 Å². The molecule has 1 rings (SSSR count). The Bertz CT molecular complexity index is 442. The van der Waals surface area contributed by atoms with Crippen LogP contribution in [-0.4, -0.2) is 68.0 Å². The van der Waals surface area contributed by atoms with Crippen molar-refractivity contribution in [3.8, 4) is 0 Å². The van der Waals surface area contributed by atoms with Crippen LogP contribution in [0.2, 0.25) is 0 Å². The first-order valence-corrected chi connectivity index (χ1v) is 10.7. The predicted molar refractivity (Wildman–Crippen MR) is 124 cm³/mol. The normalized spacial score (nSPS) is 17.9. The summed E-state index contributed by atoms with van der Waals surface area (Å²) in [6.07, 6.45) is 0.278. The standard InChI is InChI=1S/C20H39F3N4O.HI/c1-4-24-19(26-14-18(8-12-28)13-16(2)3)25-9-5-17-6-10-27(11-7-17)15-20(21,22)23;/h16-18,28H,4-15H2,1-3H3,(H2,24,25,26);1H. The Morgan fingerprint density at radius 2 is 1.86 bits per heavy atom. The van der Waals surface area contributed by atoms with Gasteiger partial charge in [-0.1, -0.05) is 13.8 Å². The number of likely N-dealkylation sites (tertiary alicyclic amines) is 1. The van der Waals surface area contributed by atoms with Crippen molar-refractivity contribution in [3.05, 3.63) is 0 Å². The molecule has 5 nitrogen and oxygen atoms in total. The van der Waals surface area contributed by atoms with Gasteiger partial charge in [0.15, 0.2) is 5.96 Å². The van der Waals surface area contributed by atoms with E-state index in [4.69, 9.17) is 0 Å². The van der Waals surface area contributed by atoms with Crippen LogP contribution >= 0.6 is 24.0 Å². The van der Waals surface area contributed by atoms with Crippen LogP contribution in [0.1, 0.15) is 52.9 Å². The number of aliphatic imine (C=N–C) groups is 1. The first-order chi connectivity index (χ1) is 13.2. The van der Waals surface area contributed by atoms with E-state index in [9.17, 15) is 18.3 Å². The Labute approximate surface area is 191 Å². The molecule has 1 fully saturated rings. The highest BCUT2D eigenvalue weighted by Crippen LogP contribution is 2.24. The van der Waals surface area contributed by atoms with E-state index in [2.05, 4.69) is 29.5 Å². The average Bonchev–Trinajstić information content (AvgIpc) is 2.59. The van der Waals surface area contributed by atoms with Crippen molar-refractivity contribution in [1.29, 1.82) is 0 Å². The van der Waals surface area contributed by atoms with Gasteiger partial charge in [0.05, 0.1) is 6.54 Å². The Kier molecular flexibility index (Phi) is 15.3. The topological polar surface area (TPSA) is 59.9 Å². The van der Waals surface area contributed by atoms with Gasteiger partial charge >= 0.3 is 6.18 Å². The lowest BCUT2D eigenvalue weighted by atomic mass is 9.93. The number of alkyl halides is 3. The van der Waals surface area contributed by atoms with Gasteiger partial charge in [0, 0.05) is 26.2 Å². The van der Waals surface area contributed by atoms with Crippen LogP contribution in [0.3, 0.4) is 0 Å². The number of piperidine rings is 1. The highest BCUT2D eigenvalue weighted by molar-refractivity contribution is 14.0. The molecule has 1 aliphatic heterocycles. The fourth-order valence-corrected chi connectivity index (χ4v) is 3.78. The molecule has 0 aliphatic carbocycles. The van der Waals surface area contributed by atoms with Gasteiger partial charge in [-0.25, -0.2) is 0 Å². The van der Waals surface area contributed by atoms with E-state index in [-0.39, 0.29) is 30.6 Å². The fraction of sp³-hybridized carbons (Fsp3) is 0.950. The largest absolute Gasteiger partial charge is 0.401 e. The number of nitrogens with zero attached hydrogens (tertiary/aromatic N) is 2. The summed E-state index contributed by atoms with van der Waals surface area (Å²) in [4.78, 5) is 6.18. The van der Waals surface area contributed by atoms with Gasteiger partial charge in [-0.05, 0) is 69.9 Å². The molecule has 0 spiro atoms. The number of aliphatic hydroxyl groups excluding tert-OH is 1. The van der Waals surface area contributed by atoms with Crippen molar-refractivity contribution in [1.82, 2.24) is 15.5 Å². The van der Waals surface area contributed by atoms with Crippen LogP contribution in [0.4, 0.5) is 13.2 Å². The number of rotatable bonds is 11. The van der Waals surface area contributed by atoms with Crippen molar-refractivity contribution in [2.75, 3.05) is 45.9 Å². The number of hydrogen-bond acceptors (Lipinski definition) is 3. The fourth-order valence-electron chi connectivity index (χ4n) is 3.78. The van der Waals surface area contributed by atoms with E-state index >= 15 is 0 Å². The van der Waals surface area contributed by atoms with Gasteiger partial charge in [0.1, 0.15) is 0 Å². The Balaban J connectivity index is 0.00000784. The zero-order valence-corrected chi connectivity index (χ0v) is 20.4. The molecule has 1 aliphatic rings. The summed E-state index contributed by atoms with van der Waals surface area (Å²) in [5, 5.41) is 15.8. The Hall–Kier alpha value is -0.290. The molecular weight excluding hydrogens is 496 g/mol. The van der Waals surface area contributed by atoms with E-state index in [0.29, 0.717) is 37.4 Å². The average molecular weight is 536 g/mol. The molecule has 9 heteroatoms. The molecule has 3 N–H and O–H groups in total. The van der Waals surface area contributed by atoms with Crippen molar-refractivity contribution in [2.45, 2.75) is 59.1 Å². The van der Waals surface area contributed by atoms with E-state index in [0.717, 1.165) is 51.2 Å². The van der Waals surface area contributed by atoms with Crippen molar-refractivity contribution < 1.29 is 18.3 Å². The van der Waals surface area contributed by atoms with Crippen LogP contribution in [-0.2, 0) is 0 Å². The lowest BCUT2D eigenvalue weighted by molar-refractivity contribution is -0.148. The van der Waals surface area contributed by atoms with Gasteiger partial charge in [-0.3, -0.25) is 9.89 Å². The lowest BCUT2D eigenvalue weighted by Crippen LogP contribution is -2.41. The highest BCUT2D eigenvalue weighted by Gasteiger charge is 2.32. The van der Waals surface area contributed by atoms with Crippen molar-refractivity contribution in [3.63, 3.8) is 0 Å². The van der Waals surface area contributed by atoms with E-state index in [1.165, 1.54) is 4.90 Å². The lowest BCUT2D eigenvalue weighted by Gasteiger charge is -2.32. The molecular formula is C20H40F3IN4O. The van der Waals surface area contributed by atoms with Gasteiger partial charge in [-0.2, -0.15) is 13.2 Å². The molecule has 0 amide bonds. The van der Waals surface area contributed by atoms with Crippen LogP contribution in [0.25, 0.3) is 0 Å². The third-order valence-electron chi connectivity index (χ3n) is 5.15. The zero-order chi connectivity index (χ0) is 21.0. The summed E-state index contributed by atoms with van der Waals surface area (Å²) in [6, 6.07) is 0. The Morgan fingerprint density at radius 1 is 1.21 bits per heavy atom. The maximum Gasteiger partial charge on any atom is 0.401 e. The molecule has 1 saturated heterocycles. The monoisotopic (exact) mass is 536 g/mol. The molecule has 0 bridgehead atoms. The second kappa shape index (κ2) is 15.5. The molecule has 1 heterocycles. The van der Waals surface area contributed by atoms with Crippen LogP contribution in [0.5, 0.6) is 0 Å². The minimum Gasteiger partial charge on any atom is -0.396 e. The van der Waals surface area contributed by atoms with Gasteiger partial charge in [0.25, 0.3) is 0 Å². The summed E-state index contributed by atoms with van der Waals surface area (Å²) in [6.45, 7) is 9.05. The summed E-state index contributed by atoms with van der Waals surface area (Å²) >= 11 is 0. The quantitative estimate of drug-likeness (QED) is 0.213. The van der Waals surface area contributed by atoms with Gasteiger partial charge < -0.3 is 15.7 Å². The maximum absolute atomic E-state index is 12.5. The van der Waals surface area contributed by atoms with E-state index < -0.39 is 12.7 Å². The smallest absolute Gasteiger partial charge is 0.396 e. The van der Waals surface area contributed by atoms with Gasteiger partial charge in [-0.15, -0.1) is 24.0 Å². The predicted octanol–water partition coefficient (Wildman–Crippen LogP) is 3.87. The van der Waals surface area contributed by atoms with E-state index in [1.807, 2.05) is 6.92 Å². The van der Waals surface area contributed by atoms with E-state index in [1.54, 1.807) is 0 Å². The first-order valence-electron chi connectivity index (χ1n) is 10.7. The Morgan fingerprint density at radius 3 is 2.38 bits per heavy atom. The summed E-state index contributed by atoms with van der Waals surface area (Å²) in [7, 11) is 0. The minimum atomic E-state index is -4.10. The molecule has 0 aromatic carbocycles. The second-order valence-electron chi connectivity index (χ2n) is 8.28. The number of halogens is 4. The summed E-state index contributed by atoms with van der Waals surface area (Å²) in [5.41, 5.74) is 0. The maximum atomic E-state index is 12.5. The van der Waals surface area contributed by atoms with Crippen molar-refractivity contribution in [2.24, 2.45) is 22.7 Å². The third kappa shape index (κ3) is 14.4. The first kappa shape index (κ1) is 28.7. The molecule has 1 unspecified atom stereocenters. The number of hydrogen-bond donors (Lipinski definition) is 3. The van der Waals surface area contributed by atoms with Crippen LogP contribution in [0.15, 0.2) is 4.99 Å². The molecule has 0 aromatic heterocycles. The molecule has 0 radical (unpaired) electrons. The molecule has 1 atom stereocenters. The summed E-state index contributed by atoms with van der Waals surface area (Å²) < 4.78 is 37.4. The molecule has 174 valence electrons. The van der Waals surface area contributed by atoms with Crippen molar-refractivity contribution >= 4 is 29.9 Å². The minimum absolute atomic E-state index is 0. The second-order valence-corrected chi connectivity index (χ2v) is 8.28. The third-order valence-corrected chi connectivity index (χ3v) is 5.15. The SMILES string of the molecule is CCNC(=NCC(CCO)CC(C)C)NCCC1CCN(CC(F)(F)F)CC1.I.